The number of carbonyl (C=O) groups excluding carboxylic acids is 1. The van der Waals surface area contributed by atoms with Crippen LogP contribution in [0.25, 0.3) is 16.8 Å². The van der Waals surface area contributed by atoms with Gasteiger partial charge in [-0.25, -0.2) is 9.97 Å². The van der Waals surface area contributed by atoms with Gasteiger partial charge in [0.2, 0.25) is 5.91 Å². The average Bonchev–Trinajstić information content (AvgIpc) is 3.10. The molecule has 1 amide bonds. The number of hydrogen-bond donors (Lipinski definition) is 1. The molecule has 0 unspecified atom stereocenters. The highest BCUT2D eigenvalue weighted by atomic mass is 16.1. The molecule has 0 saturated heterocycles. The van der Waals surface area contributed by atoms with Gasteiger partial charge in [-0.1, -0.05) is 91.0 Å². The second kappa shape index (κ2) is 10.3. The lowest BCUT2D eigenvalue weighted by Crippen LogP contribution is -2.15. The Hall–Kier alpha value is -3.79. The lowest BCUT2D eigenvalue weighted by molar-refractivity contribution is -0.116. The third-order valence-corrected chi connectivity index (χ3v) is 5.07. The molecule has 154 valence electrons. The lowest BCUT2D eigenvalue weighted by atomic mass is 10.1. The first-order valence-electron chi connectivity index (χ1n) is 10.6. The molecule has 4 rings (SSSR count). The Morgan fingerprint density at radius 3 is 2.55 bits per heavy atom. The molecular weight excluding hydrogens is 382 g/mol. The molecule has 31 heavy (non-hydrogen) atoms. The van der Waals surface area contributed by atoms with Crippen LogP contribution in [0.1, 0.15) is 30.5 Å². The van der Waals surface area contributed by atoms with E-state index in [9.17, 15) is 4.79 Å². The van der Waals surface area contributed by atoms with Gasteiger partial charge in [0.15, 0.2) is 5.82 Å². The van der Waals surface area contributed by atoms with E-state index in [0.717, 1.165) is 36.1 Å². The van der Waals surface area contributed by atoms with Crippen molar-refractivity contribution < 1.29 is 4.79 Å². The van der Waals surface area contributed by atoms with Gasteiger partial charge in [-0.05, 0) is 24.8 Å². The van der Waals surface area contributed by atoms with Gasteiger partial charge < -0.3 is 5.32 Å². The highest BCUT2D eigenvalue weighted by molar-refractivity contribution is 5.93. The number of rotatable bonds is 7. The summed E-state index contributed by atoms with van der Waals surface area (Å²) in [6.45, 7) is 0. The van der Waals surface area contributed by atoms with Crippen LogP contribution in [-0.2, 0) is 11.2 Å². The van der Waals surface area contributed by atoms with Gasteiger partial charge in [-0.3, -0.25) is 4.79 Å². The fraction of sp³-hybridized carbons (Fsp3) is 0.148. The minimum absolute atomic E-state index is 0.0484. The van der Waals surface area contributed by atoms with Gasteiger partial charge in [-0.15, -0.1) is 0 Å². The molecule has 1 aliphatic rings. The molecule has 4 nitrogen and oxygen atoms in total. The second-order valence-electron chi connectivity index (χ2n) is 7.39. The van der Waals surface area contributed by atoms with E-state index in [1.807, 2.05) is 66.8 Å². The van der Waals surface area contributed by atoms with Crippen LogP contribution in [0.4, 0.5) is 5.82 Å². The third-order valence-electron chi connectivity index (χ3n) is 5.07. The van der Waals surface area contributed by atoms with Crippen molar-refractivity contribution in [3.8, 4) is 11.3 Å². The molecule has 1 N–H and O–H groups in total. The van der Waals surface area contributed by atoms with Crippen molar-refractivity contribution in [2.75, 3.05) is 5.32 Å². The largest absolute Gasteiger partial charge is 0.309 e. The minimum Gasteiger partial charge on any atom is -0.309 e. The predicted molar refractivity (Wildman–Crippen MR) is 126 cm³/mol. The summed E-state index contributed by atoms with van der Waals surface area (Å²) in [4.78, 5) is 22.1. The van der Waals surface area contributed by atoms with Crippen LogP contribution < -0.4 is 5.32 Å². The number of hydrogen-bond acceptors (Lipinski definition) is 3. The van der Waals surface area contributed by atoms with E-state index in [4.69, 9.17) is 4.98 Å². The van der Waals surface area contributed by atoms with Crippen molar-refractivity contribution in [3.63, 3.8) is 0 Å². The summed E-state index contributed by atoms with van der Waals surface area (Å²) in [7, 11) is 0. The number of carbonyl (C=O) groups is 1. The summed E-state index contributed by atoms with van der Waals surface area (Å²) in [5.41, 5.74) is 4.62. The van der Waals surface area contributed by atoms with E-state index in [1.165, 1.54) is 5.56 Å². The van der Waals surface area contributed by atoms with Crippen molar-refractivity contribution >= 4 is 17.3 Å². The van der Waals surface area contributed by atoms with Crippen molar-refractivity contribution in [1.82, 2.24) is 9.97 Å². The standard InChI is InChI=1S/C27H25N3O/c31-25(19-11-14-21-12-5-3-6-13-21)30-27-26(23-17-7-1-2-8-18-23)29-24(20-28-27)22-15-9-4-10-16-22/h1,3-10,12-13,15-18,20H,2,11,14,19H2,(H,28,30,31). The molecule has 0 saturated carbocycles. The van der Waals surface area contributed by atoms with Crippen LogP contribution in [0.5, 0.6) is 0 Å². The monoisotopic (exact) mass is 407 g/mol. The number of aromatic nitrogens is 2. The first kappa shape index (κ1) is 20.5. The molecular formula is C27H25N3O. The molecule has 0 bridgehead atoms. The first-order chi connectivity index (χ1) is 15.3. The zero-order valence-electron chi connectivity index (χ0n) is 17.4. The summed E-state index contributed by atoms with van der Waals surface area (Å²) in [5.74, 6) is 0.447. The number of benzene rings is 2. The zero-order valence-corrected chi connectivity index (χ0v) is 17.4. The molecule has 0 aliphatic heterocycles. The quantitative estimate of drug-likeness (QED) is 0.522. The maximum atomic E-state index is 12.6. The highest BCUT2D eigenvalue weighted by Gasteiger charge is 2.15. The van der Waals surface area contributed by atoms with E-state index in [0.29, 0.717) is 17.9 Å². The summed E-state index contributed by atoms with van der Waals surface area (Å²) in [6.07, 6.45) is 14.9. The van der Waals surface area contributed by atoms with Crippen LogP contribution in [0, 0.1) is 0 Å². The number of aryl methyl sites for hydroxylation is 1. The summed E-state index contributed by atoms with van der Waals surface area (Å²) >= 11 is 0. The van der Waals surface area contributed by atoms with E-state index >= 15 is 0 Å². The molecule has 0 spiro atoms. The van der Waals surface area contributed by atoms with Crippen molar-refractivity contribution in [1.29, 1.82) is 0 Å². The van der Waals surface area contributed by atoms with E-state index in [-0.39, 0.29) is 5.91 Å². The summed E-state index contributed by atoms with van der Waals surface area (Å²) in [5, 5.41) is 2.98. The highest BCUT2D eigenvalue weighted by Crippen LogP contribution is 2.26. The van der Waals surface area contributed by atoms with Gasteiger partial charge in [0, 0.05) is 17.6 Å². The number of amides is 1. The van der Waals surface area contributed by atoms with Crippen molar-refractivity contribution in [3.05, 3.63) is 108 Å². The normalized spacial score (nSPS) is 12.8. The topological polar surface area (TPSA) is 54.9 Å². The first-order valence-corrected chi connectivity index (χ1v) is 10.6. The van der Waals surface area contributed by atoms with E-state index in [2.05, 4.69) is 34.6 Å². The Balaban J connectivity index is 1.53. The van der Waals surface area contributed by atoms with Gasteiger partial charge >= 0.3 is 0 Å². The predicted octanol–water partition coefficient (Wildman–Crippen LogP) is 6.00. The van der Waals surface area contributed by atoms with Crippen LogP contribution in [0.3, 0.4) is 0 Å². The molecule has 1 heterocycles. The molecule has 1 aromatic heterocycles. The summed E-state index contributed by atoms with van der Waals surface area (Å²) in [6, 6.07) is 20.2. The molecule has 4 heteroatoms. The zero-order chi connectivity index (χ0) is 21.3. The van der Waals surface area contributed by atoms with Crippen LogP contribution in [-0.4, -0.2) is 15.9 Å². The minimum atomic E-state index is -0.0484. The maximum Gasteiger partial charge on any atom is 0.225 e. The Bertz CT molecular complexity index is 1120. The SMILES string of the molecule is O=C(CCCc1ccccc1)Nc1ncc(-c2ccccc2)nc1C1=CC=CCC=C1. The van der Waals surface area contributed by atoms with Crippen LogP contribution in [0.2, 0.25) is 0 Å². The van der Waals surface area contributed by atoms with Crippen molar-refractivity contribution in [2.24, 2.45) is 0 Å². The number of nitrogens with zero attached hydrogens (tertiary/aromatic N) is 2. The van der Waals surface area contributed by atoms with Gasteiger partial charge in [0.25, 0.3) is 0 Å². The smallest absolute Gasteiger partial charge is 0.225 e. The fourth-order valence-electron chi connectivity index (χ4n) is 3.46. The lowest BCUT2D eigenvalue weighted by Gasteiger charge is -2.12. The van der Waals surface area contributed by atoms with Crippen LogP contribution >= 0.6 is 0 Å². The fourth-order valence-corrected chi connectivity index (χ4v) is 3.46. The molecule has 2 aromatic carbocycles. The Morgan fingerprint density at radius 1 is 0.968 bits per heavy atom. The Labute approximate surface area is 183 Å². The number of nitrogens with one attached hydrogen (secondary N) is 1. The maximum absolute atomic E-state index is 12.6. The molecule has 0 fully saturated rings. The van der Waals surface area contributed by atoms with Gasteiger partial charge in [0.05, 0.1) is 11.9 Å². The average molecular weight is 408 g/mol. The second-order valence-corrected chi connectivity index (χ2v) is 7.39. The van der Waals surface area contributed by atoms with Gasteiger partial charge in [0.1, 0.15) is 5.69 Å². The van der Waals surface area contributed by atoms with Crippen molar-refractivity contribution in [2.45, 2.75) is 25.7 Å². The third kappa shape index (κ3) is 5.64. The number of anilines is 1. The Morgan fingerprint density at radius 2 is 1.74 bits per heavy atom. The Kier molecular flexibility index (Phi) is 6.81. The number of allylic oxidation sites excluding steroid dienone is 6. The molecule has 0 atom stereocenters. The van der Waals surface area contributed by atoms with Crippen LogP contribution in [0.15, 0.2) is 97.2 Å². The van der Waals surface area contributed by atoms with E-state index < -0.39 is 0 Å². The molecule has 1 aliphatic carbocycles. The molecule has 3 aromatic rings. The summed E-state index contributed by atoms with van der Waals surface area (Å²) < 4.78 is 0. The van der Waals surface area contributed by atoms with E-state index in [1.54, 1.807) is 6.20 Å². The molecule has 0 radical (unpaired) electrons. The van der Waals surface area contributed by atoms with Gasteiger partial charge in [-0.2, -0.15) is 0 Å².